The van der Waals surface area contributed by atoms with Gasteiger partial charge in [-0.25, -0.2) is 22.2 Å². The first kappa shape index (κ1) is 14.2. The average molecular weight is 300 g/mol. The lowest BCUT2D eigenvalue weighted by molar-refractivity contribution is 0.398. The van der Waals surface area contributed by atoms with Gasteiger partial charge in [-0.3, -0.25) is 4.72 Å². The second-order valence-corrected chi connectivity index (χ2v) is 5.45. The SMILES string of the molecule is COc1ccc(NS(=O)(=O)c2ccc(F)c(F)c2)cn1. The number of nitrogens with one attached hydrogen (secondary N) is 1. The Morgan fingerprint density at radius 1 is 1.15 bits per heavy atom. The van der Waals surface area contributed by atoms with Crippen LogP contribution in [0, 0.1) is 11.6 Å². The summed E-state index contributed by atoms with van der Waals surface area (Å²) in [5.74, 6) is -2.03. The molecule has 0 saturated heterocycles. The summed E-state index contributed by atoms with van der Waals surface area (Å²) in [6, 6.07) is 5.22. The highest BCUT2D eigenvalue weighted by molar-refractivity contribution is 7.92. The minimum atomic E-state index is -4.01. The van der Waals surface area contributed by atoms with Crippen LogP contribution in [0.4, 0.5) is 14.5 Å². The van der Waals surface area contributed by atoms with Gasteiger partial charge >= 0.3 is 0 Å². The maximum atomic E-state index is 13.1. The van der Waals surface area contributed by atoms with Gasteiger partial charge in [-0.1, -0.05) is 0 Å². The largest absolute Gasteiger partial charge is 0.481 e. The lowest BCUT2D eigenvalue weighted by Crippen LogP contribution is -2.13. The minimum absolute atomic E-state index is 0.176. The van der Waals surface area contributed by atoms with Crippen molar-refractivity contribution in [3.05, 3.63) is 48.2 Å². The number of halogens is 2. The van der Waals surface area contributed by atoms with E-state index >= 15 is 0 Å². The van der Waals surface area contributed by atoms with E-state index in [-0.39, 0.29) is 10.6 Å². The summed E-state index contributed by atoms with van der Waals surface area (Å²) >= 11 is 0. The number of methoxy groups -OCH3 is 1. The number of aromatic nitrogens is 1. The van der Waals surface area contributed by atoms with Crippen LogP contribution in [0.25, 0.3) is 0 Å². The molecule has 0 spiro atoms. The predicted octanol–water partition coefficient (Wildman–Crippen LogP) is 2.17. The summed E-state index contributed by atoms with van der Waals surface area (Å²) in [5, 5.41) is 0. The molecule has 106 valence electrons. The van der Waals surface area contributed by atoms with Gasteiger partial charge in [-0.2, -0.15) is 0 Å². The molecule has 0 aliphatic carbocycles. The first-order chi connectivity index (χ1) is 9.42. The quantitative estimate of drug-likeness (QED) is 0.939. The van der Waals surface area contributed by atoms with Gasteiger partial charge in [-0.05, 0) is 24.3 Å². The number of ether oxygens (including phenoxy) is 1. The van der Waals surface area contributed by atoms with Crippen LogP contribution < -0.4 is 9.46 Å². The van der Waals surface area contributed by atoms with Crippen molar-refractivity contribution in [2.75, 3.05) is 11.8 Å². The number of anilines is 1. The first-order valence-electron chi connectivity index (χ1n) is 5.40. The van der Waals surface area contributed by atoms with E-state index in [1.807, 2.05) is 0 Å². The number of pyridine rings is 1. The molecule has 1 heterocycles. The third-order valence-electron chi connectivity index (χ3n) is 2.40. The fraction of sp³-hybridized carbons (Fsp3) is 0.0833. The van der Waals surface area contributed by atoms with Crippen molar-refractivity contribution in [1.29, 1.82) is 0 Å². The fourth-order valence-corrected chi connectivity index (χ4v) is 2.47. The minimum Gasteiger partial charge on any atom is -0.481 e. The highest BCUT2D eigenvalue weighted by atomic mass is 32.2. The Bertz CT molecular complexity index is 718. The van der Waals surface area contributed by atoms with Gasteiger partial charge in [0.25, 0.3) is 10.0 Å². The molecular weight excluding hydrogens is 290 g/mol. The smallest absolute Gasteiger partial charge is 0.262 e. The van der Waals surface area contributed by atoms with E-state index in [9.17, 15) is 17.2 Å². The molecule has 20 heavy (non-hydrogen) atoms. The zero-order chi connectivity index (χ0) is 14.8. The van der Waals surface area contributed by atoms with E-state index < -0.39 is 21.7 Å². The predicted molar refractivity (Wildman–Crippen MR) is 68.0 cm³/mol. The van der Waals surface area contributed by atoms with Crippen LogP contribution in [-0.2, 0) is 10.0 Å². The second kappa shape index (κ2) is 5.41. The van der Waals surface area contributed by atoms with E-state index in [4.69, 9.17) is 4.74 Å². The Labute approximate surface area is 114 Å². The van der Waals surface area contributed by atoms with Gasteiger partial charge in [0.1, 0.15) is 0 Å². The monoisotopic (exact) mass is 300 g/mol. The van der Waals surface area contributed by atoms with Crippen molar-refractivity contribution >= 4 is 15.7 Å². The van der Waals surface area contributed by atoms with Crippen molar-refractivity contribution in [3.63, 3.8) is 0 Å². The Morgan fingerprint density at radius 2 is 1.90 bits per heavy atom. The topological polar surface area (TPSA) is 68.3 Å². The van der Waals surface area contributed by atoms with Crippen LogP contribution in [0.15, 0.2) is 41.4 Å². The number of sulfonamides is 1. The van der Waals surface area contributed by atoms with Gasteiger partial charge in [0.15, 0.2) is 11.6 Å². The number of hydrogen-bond donors (Lipinski definition) is 1. The summed E-state index contributed by atoms with van der Waals surface area (Å²) in [4.78, 5) is 3.44. The summed E-state index contributed by atoms with van der Waals surface area (Å²) < 4.78 is 56.8. The molecule has 0 bridgehead atoms. The summed E-state index contributed by atoms with van der Waals surface area (Å²) in [7, 11) is -2.59. The van der Waals surface area contributed by atoms with Crippen LogP contribution in [0.5, 0.6) is 5.88 Å². The van der Waals surface area contributed by atoms with Crippen molar-refractivity contribution < 1.29 is 21.9 Å². The third kappa shape index (κ3) is 3.02. The molecule has 0 radical (unpaired) electrons. The highest BCUT2D eigenvalue weighted by Crippen LogP contribution is 2.18. The lowest BCUT2D eigenvalue weighted by atomic mass is 10.3. The molecule has 0 atom stereocenters. The first-order valence-corrected chi connectivity index (χ1v) is 6.88. The molecule has 0 amide bonds. The lowest BCUT2D eigenvalue weighted by Gasteiger charge is -2.08. The molecule has 0 aliphatic heterocycles. The number of nitrogens with zero attached hydrogens (tertiary/aromatic N) is 1. The molecule has 1 aromatic heterocycles. The molecule has 0 saturated carbocycles. The number of benzene rings is 1. The normalized spacial score (nSPS) is 11.2. The molecule has 2 rings (SSSR count). The number of hydrogen-bond acceptors (Lipinski definition) is 4. The summed E-state index contributed by atoms with van der Waals surface area (Å²) in [6.45, 7) is 0. The summed E-state index contributed by atoms with van der Waals surface area (Å²) in [5.41, 5.74) is 0.176. The average Bonchev–Trinajstić information content (AvgIpc) is 2.42. The van der Waals surface area contributed by atoms with E-state index in [2.05, 4.69) is 9.71 Å². The van der Waals surface area contributed by atoms with Crippen LogP contribution in [0.2, 0.25) is 0 Å². The molecular formula is C12H10F2N2O3S. The molecule has 1 N–H and O–H groups in total. The Hall–Kier alpha value is -2.22. The number of rotatable bonds is 4. The van der Waals surface area contributed by atoms with E-state index in [1.54, 1.807) is 0 Å². The van der Waals surface area contributed by atoms with Crippen LogP contribution in [0.3, 0.4) is 0 Å². The second-order valence-electron chi connectivity index (χ2n) is 3.77. The molecule has 8 heteroatoms. The van der Waals surface area contributed by atoms with E-state index in [1.165, 1.54) is 25.4 Å². The zero-order valence-electron chi connectivity index (χ0n) is 10.3. The fourth-order valence-electron chi connectivity index (χ4n) is 1.42. The molecule has 2 aromatic rings. The van der Waals surface area contributed by atoms with Crippen LogP contribution >= 0.6 is 0 Å². The molecule has 0 unspecified atom stereocenters. The van der Waals surface area contributed by atoms with Gasteiger partial charge < -0.3 is 4.74 Å². The Balaban J connectivity index is 2.27. The third-order valence-corrected chi connectivity index (χ3v) is 3.78. The highest BCUT2D eigenvalue weighted by Gasteiger charge is 2.16. The Kier molecular flexibility index (Phi) is 3.84. The van der Waals surface area contributed by atoms with Crippen LogP contribution in [-0.4, -0.2) is 20.5 Å². The zero-order valence-corrected chi connectivity index (χ0v) is 11.1. The molecule has 0 aliphatic rings. The standard InChI is InChI=1S/C12H10F2N2O3S/c1-19-12-5-2-8(7-15-12)16-20(17,18)9-3-4-10(13)11(14)6-9/h2-7,16H,1H3. The van der Waals surface area contributed by atoms with E-state index in [0.29, 0.717) is 11.9 Å². The van der Waals surface area contributed by atoms with Gasteiger partial charge in [0.2, 0.25) is 5.88 Å². The molecule has 1 aromatic carbocycles. The molecule has 0 fully saturated rings. The van der Waals surface area contributed by atoms with Crippen molar-refractivity contribution in [3.8, 4) is 5.88 Å². The van der Waals surface area contributed by atoms with Gasteiger partial charge in [0, 0.05) is 6.07 Å². The van der Waals surface area contributed by atoms with E-state index in [0.717, 1.165) is 12.1 Å². The maximum absolute atomic E-state index is 13.1. The van der Waals surface area contributed by atoms with Gasteiger partial charge in [-0.15, -0.1) is 0 Å². The van der Waals surface area contributed by atoms with Crippen molar-refractivity contribution in [2.45, 2.75) is 4.90 Å². The van der Waals surface area contributed by atoms with Crippen LogP contribution in [0.1, 0.15) is 0 Å². The van der Waals surface area contributed by atoms with Crippen molar-refractivity contribution in [1.82, 2.24) is 4.98 Å². The van der Waals surface area contributed by atoms with Gasteiger partial charge in [0.05, 0.1) is 23.9 Å². The summed E-state index contributed by atoms with van der Waals surface area (Å²) in [6.07, 6.45) is 1.25. The molecule has 5 nitrogen and oxygen atoms in total. The maximum Gasteiger partial charge on any atom is 0.262 e. The Morgan fingerprint density at radius 3 is 2.45 bits per heavy atom. The van der Waals surface area contributed by atoms with Crippen molar-refractivity contribution in [2.24, 2.45) is 0 Å².